The first-order valence-corrected chi connectivity index (χ1v) is 8.12. The lowest BCUT2D eigenvalue weighted by atomic mass is 10.1. The van der Waals surface area contributed by atoms with Crippen molar-refractivity contribution in [3.05, 3.63) is 65.2 Å². The zero-order valence-electron chi connectivity index (χ0n) is 14.3. The van der Waals surface area contributed by atoms with Gasteiger partial charge in [-0.15, -0.1) is 12.4 Å². The second kappa shape index (κ2) is 10.3. The van der Waals surface area contributed by atoms with Crippen LogP contribution in [-0.2, 0) is 13.2 Å². The van der Waals surface area contributed by atoms with E-state index in [1.807, 2.05) is 12.1 Å². The van der Waals surface area contributed by atoms with E-state index < -0.39 is 0 Å². The highest BCUT2D eigenvalue weighted by molar-refractivity contribution is 5.85. The maximum Gasteiger partial charge on any atom is 0.124 e. The van der Waals surface area contributed by atoms with Gasteiger partial charge in [0.2, 0.25) is 0 Å². The van der Waals surface area contributed by atoms with Gasteiger partial charge in [0.25, 0.3) is 0 Å². The molecular weight excluding hydrogens is 306 g/mol. The zero-order valence-corrected chi connectivity index (χ0v) is 15.2. The predicted molar refractivity (Wildman–Crippen MR) is 100 cm³/mol. The molecule has 0 bridgehead atoms. The Bertz CT molecular complexity index is 566. The minimum Gasteiger partial charge on any atom is -0.489 e. The molecule has 0 atom stereocenters. The van der Waals surface area contributed by atoms with E-state index in [0.29, 0.717) is 6.61 Å². The van der Waals surface area contributed by atoms with Gasteiger partial charge in [0.15, 0.2) is 0 Å². The van der Waals surface area contributed by atoms with Gasteiger partial charge in [-0.2, -0.15) is 0 Å². The molecule has 0 aliphatic heterocycles. The molecule has 0 aromatic heterocycles. The van der Waals surface area contributed by atoms with Crippen LogP contribution in [0.4, 0.5) is 0 Å². The standard InChI is InChI=1S/C20H27NO.ClH/c1-16(2)12-13-21-14-19-6-4-5-7-20(19)22-15-18-10-8-17(3)9-11-18;/h4-11,16,21H,12-15H2,1-3H3;1H. The first-order valence-electron chi connectivity index (χ1n) is 8.12. The van der Waals surface area contributed by atoms with Crippen molar-refractivity contribution in [3.8, 4) is 5.75 Å². The lowest BCUT2D eigenvalue weighted by molar-refractivity contribution is 0.302. The van der Waals surface area contributed by atoms with Crippen LogP contribution in [-0.4, -0.2) is 6.54 Å². The molecule has 2 nitrogen and oxygen atoms in total. The summed E-state index contributed by atoms with van der Waals surface area (Å²) in [6, 6.07) is 16.8. The van der Waals surface area contributed by atoms with Gasteiger partial charge in [0.1, 0.15) is 12.4 Å². The third-order valence-corrected chi connectivity index (χ3v) is 3.70. The summed E-state index contributed by atoms with van der Waals surface area (Å²) in [6.45, 7) is 9.12. The van der Waals surface area contributed by atoms with E-state index in [0.717, 1.165) is 24.8 Å². The molecule has 2 rings (SSSR count). The summed E-state index contributed by atoms with van der Waals surface area (Å²) in [7, 11) is 0. The molecule has 126 valence electrons. The molecular formula is C20H28ClNO. The van der Waals surface area contributed by atoms with Crippen molar-refractivity contribution in [1.29, 1.82) is 0 Å². The fourth-order valence-corrected chi connectivity index (χ4v) is 2.25. The van der Waals surface area contributed by atoms with Gasteiger partial charge in [-0.25, -0.2) is 0 Å². The van der Waals surface area contributed by atoms with Crippen molar-refractivity contribution in [1.82, 2.24) is 5.32 Å². The second-order valence-electron chi connectivity index (χ2n) is 6.24. The van der Waals surface area contributed by atoms with Crippen LogP contribution in [0, 0.1) is 12.8 Å². The summed E-state index contributed by atoms with van der Waals surface area (Å²) in [5.74, 6) is 1.71. The van der Waals surface area contributed by atoms with E-state index in [4.69, 9.17) is 4.74 Å². The lowest BCUT2D eigenvalue weighted by Crippen LogP contribution is -2.16. The maximum atomic E-state index is 6.00. The summed E-state index contributed by atoms with van der Waals surface area (Å²) in [5.41, 5.74) is 3.70. The summed E-state index contributed by atoms with van der Waals surface area (Å²) < 4.78 is 6.00. The Labute approximate surface area is 146 Å². The zero-order chi connectivity index (χ0) is 15.8. The van der Waals surface area contributed by atoms with E-state index in [2.05, 4.69) is 62.5 Å². The number of aryl methyl sites for hydroxylation is 1. The Morgan fingerprint density at radius 1 is 1.00 bits per heavy atom. The van der Waals surface area contributed by atoms with Gasteiger partial charge in [-0.05, 0) is 37.4 Å². The SMILES string of the molecule is Cc1ccc(COc2ccccc2CNCCC(C)C)cc1.Cl. The fraction of sp³-hybridized carbons (Fsp3) is 0.400. The average molecular weight is 334 g/mol. The molecule has 2 aromatic rings. The summed E-state index contributed by atoms with van der Waals surface area (Å²) in [6.07, 6.45) is 1.20. The first-order chi connectivity index (χ1) is 10.6. The van der Waals surface area contributed by atoms with Crippen LogP contribution in [0.15, 0.2) is 48.5 Å². The molecule has 0 unspecified atom stereocenters. The summed E-state index contributed by atoms with van der Waals surface area (Å²) in [5, 5.41) is 3.50. The monoisotopic (exact) mass is 333 g/mol. The van der Waals surface area contributed by atoms with E-state index >= 15 is 0 Å². The van der Waals surface area contributed by atoms with Crippen LogP contribution in [0.2, 0.25) is 0 Å². The number of hydrogen-bond acceptors (Lipinski definition) is 2. The molecule has 0 aliphatic carbocycles. The first kappa shape index (κ1) is 19.5. The molecule has 0 heterocycles. The molecule has 0 spiro atoms. The van der Waals surface area contributed by atoms with Gasteiger partial charge < -0.3 is 10.1 Å². The minimum atomic E-state index is 0. The van der Waals surface area contributed by atoms with Gasteiger partial charge in [-0.1, -0.05) is 61.9 Å². The van der Waals surface area contributed by atoms with Crippen LogP contribution >= 0.6 is 12.4 Å². The molecule has 0 aliphatic rings. The van der Waals surface area contributed by atoms with Crippen molar-refractivity contribution in [2.45, 2.75) is 40.3 Å². The third kappa shape index (κ3) is 7.06. The molecule has 0 fully saturated rings. The number of halogens is 1. The fourth-order valence-electron chi connectivity index (χ4n) is 2.25. The average Bonchev–Trinajstić information content (AvgIpc) is 2.52. The molecule has 1 N–H and O–H groups in total. The number of para-hydroxylation sites is 1. The third-order valence-electron chi connectivity index (χ3n) is 3.70. The molecule has 3 heteroatoms. The maximum absolute atomic E-state index is 6.00. The summed E-state index contributed by atoms with van der Waals surface area (Å²) >= 11 is 0. The number of nitrogens with one attached hydrogen (secondary N) is 1. The highest BCUT2D eigenvalue weighted by atomic mass is 35.5. The summed E-state index contributed by atoms with van der Waals surface area (Å²) in [4.78, 5) is 0. The number of ether oxygens (including phenoxy) is 1. The Morgan fingerprint density at radius 2 is 1.70 bits per heavy atom. The van der Waals surface area contributed by atoms with E-state index in [9.17, 15) is 0 Å². The van der Waals surface area contributed by atoms with Crippen LogP contribution in [0.3, 0.4) is 0 Å². The van der Waals surface area contributed by atoms with Crippen molar-refractivity contribution in [3.63, 3.8) is 0 Å². The molecule has 2 aromatic carbocycles. The van der Waals surface area contributed by atoms with E-state index in [1.54, 1.807) is 0 Å². The van der Waals surface area contributed by atoms with Crippen LogP contribution in [0.25, 0.3) is 0 Å². The smallest absolute Gasteiger partial charge is 0.124 e. The Balaban J connectivity index is 0.00000264. The number of hydrogen-bond donors (Lipinski definition) is 1. The molecule has 0 saturated heterocycles. The lowest BCUT2D eigenvalue weighted by Gasteiger charge is -2.13. The van der Waals surface area contributed by atoms with Crippen molar-refractivity contribution in [2.75, 3.05) is 6.54 Å². The van der Waals surface area contributed by atoms with Gasteiger partial charge >= 0.3 is 0 Å². The van der Waals surface area contributed by atoms with E-state index in [-0.39, 0.29) is 12.4 Å². The highest BCUT2D eigenvalue weighted by Gasteiger charge is 2.03. The topological polar surface area (TPSA) is 21.3 Å². The number of rotatable bonds is 8. The van der Waals surface area contributed by atoms with Gasteiger partial charge in [0.05, 0.1) is 0 Å². The molecule has 0 radical (unpaired) electrons. The van der Waals surface area contributed by atoms with E-state index in [1.165, 1.54) is 23.1 Å². The van der Waals surface area contributed by atoms with Crippen LogP contribution in [0.1, 0.15) is 37.0 Å². The largest absolute Gasteiger partial charge is 0.489 e. The van der Waals surface area contributed by atoms with Crippen molar-refractivity contribution in [2.24, 2.45) is 5.92 Å². The van der Waals surface area contributed by atoms with Gasteiger partial charge in [0, 0.05) is 12.1 Å². The van der Waals surface area contributed by atoms with Gasteiger partial charge in [-0.3, -0.25) is 0 Å². The highest BCUT2D eigenvalue weighted by Crippen LogP contribution is 2.19. The minimum absolute atomic E-state index is 0. The predicted octanol–water partition coefficient (Wildman–Crippen LogP) is 5.13. The molecule has 0 saturated carbocycles. The van der Waals surface area contributed by atoms with Crippen molar-refractivity contribution >= 4 is 12.4 Å². The van der Waals surface area contributed by atoms with Crippen LogP contribution in [0.5, 0.6) is 5.75 Å². The quantitative estimate of drug-likeness (QED) is 0.676. The molecule has 0 amide bonds. The normalized spacial score (nSPS) is 10.4. The number of benzene rings is 2. The van der Waals surface area contributed by atoms with Crippen molar-refractivity contribution < 1.29 is 4.74 Å². The Hall–Kier alpha value is -1.51. The second-order valence-corrected chi connectivity index (χ2v) is 6.24. The van der Waals surface area contributed by atoms with Crippen LogP contribution < -0.4 is 10.1 Å². The Morgan fingerprint density at radius 3 is 2.39 bits per heavy atom. The Kier molecular flexibility index (Phi) is 8.75. The molecule has 23 heavy (non-hydrogen) atoms.